The minimum absolute atomic E-state index is 0.290. The Kier molecular flexibility index (Phi) is 4.95. The van der Waals surface area contributed by atoms with Gasteiger partial charge in [-0.2, -0.15) is 4.98 Å². The monoisotopic (exact) mass is 262 g/mol. The van der Waals surface area contributed by atoms with Crippen molar-refractivity contribution in [2.24, 2.45) is 0 Å². The first-order valence-electron chi connectivity index (χ1n) is 4.98. The van der Waals surface area contributed by atoms with Crippen molar-refractivity contribution in [3.63, 3.8) is 0 Å². The van der Waals surface area contributed by atoms with Crippen LogP contribution in [0.1, 0.15) is 13.8 Å². The van der Waals surface area contributed by atoms with Crippen molar-refractivity contribution in [3.05, 3.63) is 5.15 Å². The molecule has 0 spiro atoms. The van der Waals surface area contributed by atoms with Crippen LogP contribution in [0.5, 0.6) is 0 Å². The highest BCUT2D eigenvalue weighted by atomic mass is 35.5. The number of anilines is 2. The average molecular weight is 263 g/mol. The molecule has 0 aliphatic heterocycles. The molecule has 0 bridgehead atoms. The predicted octanol–water partition coefficient (Wildman–Crippen LogP) is 1.73. The standard InChI is InChI=1S/C9H15ClN4OS/c1-4-11-6-7(10)13-9(12-5-2)14-8(6)16(3)15/h11H,4-5H2,1-3H3,(H,12,13,14). The van der Waals surface area contributed by atoms with Gasteiger partial charge in [-0.1, -0.05) is 11.6 Å². The number of aromatic nitrogens is 2. The minimum Gasteiger partial charge on any atom is -0.381 e. The van der Waals surface area contributed by atoms with Gasteiger partial charge in [0.05, 0.1) is 10.8 Å². The van der Waals surface area contributed by atoms with Gasteiger partial charge in [-0.25, -0.2) is 4.98 Å². The summed E-state index contributed by atoms with van der Waals surface area (Å²) in [5.41, 5.74) is 0.548. The lowest BCUT2D eigenvalue weighted by atomic mass is 10.5. The van der Waals surface area contributed by atoms with Crippen molar-refractivity contribution >= 4 is 34.0 Å². The van der Waals surface area contributed by atoms with Gasteiger partial charge in [-0.3, -0.25) is 4.21 Å². The summed E-state index contributed by atoms with van der Waals surface area (Å²) in [5, 5.41) is 6.68. The molecule has 1 aromatic heterocycles. The van der Waals surface area contributed by atoms with Crippen molar-refractivity contribution in [1.82, 2.24) is 9.97 Å². The molecule has 1 heterocycles. The fraction of sp³-hybridized carbons (Fsp3) is 0.556. The van der Waals surface area contributed by atoms with E-state index >= 15 is 0 Å². The normalized spacial score (nSPS) is 12.2. The SMILES string of the molecule is CCNc1nc(Cl)c(NCC)c(S(C)=O)n1. The van der Waals surface area contributed by atoms with Gasteiger partial charge in [-0.05, 0) is 13.8 Å². The van der Waals surface area contributed by atoms with Gasteiger partial charge in [0.15, 0.2) is 10.2 Å². The third-order valence-corrected chi connectivity index (χ3v) is 2.91. The third-order valence-electron chi connectivity index (χ3n) is 1.79. The number of hydrogen-bond acceptors (Lipinski definition) is 5. The number of nitrogens with zero attached hydrogens (tertiary/aromatic N) is 2. The van der Waals surface area contributed by atoms with Gasteiger partial charge in [0.2, 0.25) is 5.95 Å². The summed E-state index contributed by atoms with van der Waals surface area (Å²) in [6, 6.07) is 0. The van der Waals surface area contributed by atoms with Crippen LogP contribution in [0.25, 0.3) is 0 Å². The van der Waals surface area contributed by atoms with Crippen molar-refractivity contribution < 1.29 is 4.21 Å². The largest absolute Gasteiger partial charge is 0.381 e. The molecule has 0 aliphatic rings. The summed E-state index contributed by atoms with van der Waals surface area (Å²) in [5.74, 6) is 0.402. The highest BCUT2D eigenvalue weighted by Gasteiger charge is 2.14. The maximum atomic E-state index is 11.5. The summed E-state index contributed by atoms with van der Waals surface area (Å²) >= 11 is 6.01. The Balaban J connectivity index is 3.22. The quantitative estimate of drug-likeness (QED) is 0.791. The van der Waals surface area contributed by atoms with E-state index in [2.05, 4.69) is 20.6 Å². The Bertz CT molecular complexity index is 399. The maximum Gasteiger partial charge on any atom is 0.225 e. The third kappa shape index (κ3) is 3.05. The van der Waals surface area contributed by atoms with E-state index in [1.807, 2.05) is 13.8 Å². The molecule has 2 N–H and O–H groups in total. The van der Waals surface area contributed by atoms with Crippen molar-refractivity contribution in [2.45, 2.75) is 18.9 Å². The molecule has 1 aromatic rings. The zero-order valence-electron chi connectivity index (χ0n) is 9.50. The Labute approximate surface area is 102 Å². The molecule has 7 heteroatoms. The molecule has 0 radical (unpaired) electrons. The average Bonchev–Trinajstić information content (AvgIpc) is 2.22. The van der Waals surface area contributed by atoms with Crippen LogP contribution in [-0.4, -0.2) is 33.5 Å². The molecule has 1 atom stereocenters. The van der Waals surface area contributed by atoms with Crippen LogP contribution < -0.4 is 10.6 Å². The molecule has 1 rings (SSSR count). The molecule has 0 aliphatic carbocycles. The van der Waals surface area contributed by atoms with Crippen LogP contribution in [0.2, 0.25) is 5.15 Å². The van der Waals surface area contributed by atoms with Crippen molar-refractivity contribution in [1.29, 1.82) is 0 Å². The predicted molar refractivity (Wildman–Crippen MR) is 67.7 cm³/mol. The highest BCUT2D eigenvalue weighted by molar-refractivity contribution is 7.84. The Morgan fingerprint density at radius 3 is 2.38 bits per heavy atom. The first-order valence-corrected chi connectivity index (χ1v) is 6.92. The van der Waals surface area contributed by atoms with E-state index in [9.17, 15) is 4.21 Å². The summed E-state index contributed by atoms with van der Waals surface area (Å²) in [6.07, 6.45) is 1.56. The smallest absolute Gasteiger partial charge is 0.225 e. The van der Waals surface area contributed by atoms with Crippen molar-refractivity contribution in [3.8, 4) is 0 Å². The summed E-state index contributed by atoms with van der Waals surface area (Å²) in [6.45, 7) is 5.22. The van der Waals surface area contributed by atoms with E-state index in [1.54, 1.807) is 6.26 Å². The van der Waals surface area contributed by atoms with Gasteiger partial charge >= 0.3 is 0 Å². The van der Waals surface area contributed by atoms with Crippen LogP contribution in [0.4, 0.5) is 11.6 Å². The number of rotatable bonds is 5. The minimum atomic E-state index is -1.20. The van der Waals surface area contributed by atoms with Gasteiger partial charge in [0.1, 0.15) is 5.69 Å². The van der Waals surface area contributed by atoms with E-state index in [-0.39, 0.29) is 5.15 Å². The first-order chi connectivity index (χ1) is 7.60. The van der Waals surface area contributed by atoms with E-state index < -0.39 is 10.8 Å². The van der Waals surface area contributed by atoms with Crippen LogP contribution >= 0.6 is 11.6 Å². The van der Waals surface area contributed by atoms with Crippen LogP contribution in [0.15, 0.2) is 5.03 Å². The number of nitrogens with one attached hydrogen (secondary N) is 2. The number of hydrogen-bond donors (Lipinski definition) is 2. The highest BCUT2D eigenvalue weighted by Crippen LogP contribution is 2.26. The second-order valence-corrected chi connectivity index (χ2v) is 4.69. The molecule has 0 aromatic carbocycles. The lowest BCUT2D eigenvalue weighted by Crippen LogP contribution is -2.10. The molecule has 1 unspecified atom stereocenters. The zero-order valence-corrected chi connectivity index (χ0v) is 11.1. The molecular weight excluding hydrogens is 248 g/mol. The fourth-order valence-electron chi connectivity index (χ4n) is 1.18. The first kappa shape index (κ1) is 13.2. The molecule has 16 heavy (non-hydrogen) atoms. The molecule has 0 saturated carbocycles. The van der Waals surface area contributed by atoms with Crippen LogP contribution in [0.3, 0.4) is 0 Å². The lowest BCUT2D eigenvalue weighted by Gasteiger charge is -2.11. The van der Waals surface area contributed by atoms with Gasteiger partial charge < -0.3 is 10.6 Å². The van der Waals surface area contributed by atoms with Crippen molar-refractivity contribution in [2.75, 3.05) is 30.0 Å². The molecular formula is C9H15ClN4OS. The van der Waals surface area contributed by atoms with Gasteiger partial charge in [0.25, 0.3) is 0 Å². The second kappa shape index (κ2) is 6.00. The van der Waals surface area contributed by atoms with Crippen LogP contribution in [0, 0.1) is 0 Å². The summed E-state index contributed by atoms with van der Waals surface area (Å²) in [7, 11) is -1.20. The fourth-order valence-corrected chi connectivity index (χ4v) is 2.15. The summed E-state index contributed by atoms with van der Waals surface area (Å²) in [4.78, 5) is 8.24. The molecule has 0 amide bonds. The summed E-state index contributed by atoms with van der Waals surface area (Å²) < 4.78 is 11.5. The molecule has 0 saturated heterocycles. The Morgan fingerprint density at radius 2 is 1.88 bits per heavy atom. The Hall–Kier alpha value is -0.880. The van der Waals surface area contributed by atoms with Crippen LogP contribution in [-0.2, 0) is 10.8 Å². The Morgan fingerprint density at radius 1 is 1.25 bits per heavy atom. The lowest BCUT2D eigenvalue weighted by molar-refractivity contribution is 0.684. The van der Waals surface area contributed by atoms with Gasteiger partial charge in [0, 0.05) is 19.3 Å². The van der Waals surface area contributed by atoms with E-state index in [0.717, 1.165) is 0 Å². The molecule has 90 valence electrons. The van der Waals surface area contributed by atoms with E-state index in [4.69, 9.17) is 11.6 Å². The molecule has 5 nitrogen and oxygen atoms in total. The van der Waals surface area contributed by atoms with E-state index in [0.29, 0.717) is 29.8 Å². The molecule has 0 fully saturated rings. The van der Waals surface area contributed by atoms with E-state index in [1.165, 1.54) is 0 Å². The maximum absolute atomic E-state index is 11.5. The van der Waals surface area contributed by atoms with Gasteiger partial charge in [-0.15, -0.1) is 0 Å². The zero-order chi connectivity index (χ0) is 12.1. The topological polar surface area (TPSA) is 66.9 Å². The number of halogens is 1. The second-order valence-electron chi connectivity index (χ2n) is 3.03.